The summed E-state index contributed by atoms with van der Waals surface area (Å²) in [5, 5.41) is 14.1. The highest BCUT2D eigenvalue weighted by Crippen LogP contribution is 2.33. The monoisotopic (exact) mass is 382 g/mol. The summed E-state index contributed by atoms with van der Waals surface area (Å²) in [6, 6.07) is 22.2. The number of carbonyl (C=O) groups excluding carboxylic acids is 1. The van der Waals surface area contributed by atoms with Gasteiger partial charge in [-0.15, -0.1) is 0 Å². The lowest BCUT2D eigenvalue weighted by atomic mass is 10.00. The SMILES string of the molecule is O=C([O-])c1cc(-c2ccc(-c3ccccc3F)o2)nc2ccc3ccccc3c12. The molecule has 2 aromatic heterocycles. The fourth-order valence-electron chi connectivity index (χ4n) is 3.58. The molecule has 0 radical (unpaired) electrons. The normalized spacial score (nSPS) is 11.2. The molecule has 0 atom stereocenters. The zero-order valence-corrected chi connectivity index (χ0v) is 15.1. The maximum atomic E-state index is 14.1. The van der Waals surface area contributed by atoms with Gasteiger partial charge in [-0.1, -0.05) is 42.5 Å². The van der Waals surface area contributed by atoms with Crippen molar-refractivity contribution in [2.75, 3.05) is 0 Å². The van der Waals surface area contributed by atoms with Crippen LogP contribution in [0, 0.1) is 5.82 Å². The molecule has 4 nitrogen and oxygen atoms in total. The number of hydrogen-bond acceptors (Lipinski definition) is 4. The molecule has 0 amide bonds. The number of pyridine rings is 1. The van der Waals surface area contributed by atoms with Gasteiger partial charge < -0.3 is 14.3 Å². The summed E-state index contributed by atoms with van der Waals surface area (Å²) in [6.45, 7) is 0. The van der Waals surface area contributed by atoms with Gasteiger partial charge in [0.15, 0.2) is 5.76 Å². The maximum absolute atomic E-state index is 14.1. The highest BCUT2D eigenvalue weighted by molar-refractivity contribution is 6.15. The number of furan rings is 1. The minimum Gasteiger partial charge on any atom is -0.545 e. The largest absolute Gasteiger partial charge is 0.545 e. The molecule has 0 spiro atoms. The molecule has 0 saturated heterocycles. The van der Waals surface area contributed by atoms with Crippen molar-refractivity contribution in [2.45, 2.75) is 0 Å². The molecule has 0 saturated carbocycles. The van der Waals surface area contributed by atoms with Crippen molar-refractivity contribution in [1.29, 1.82) is 0 Å². The van der Waals surface area contributed by atoms with E-state index in [1.807, 2.05) is 30.3 Å². The van der Waals surface area contributed by atoms with Gasteiger partial charge in [0.25, 0.3) is 0 Å². The van der Waals surface area contributed by atoms with Crippen molar-refractivity contribution in [3.63, 3.8) is 0 Å². The molecule has 0 bridgehead atoms. The van der Waals surface area contributed by atoms with Crippen LogP contribution in [0.5, 0.6) is 0 Å². The minimum absolute atomic E-state index is 0.0330. The quantitative estimate of drug-likeness (QED) is 0.420. The van der Waals surface area contributed by atoms with Crippen molar-refractivity contribution >= 4 is 27.6 Å². The Morgan fingerprint density at radius 2 is 1.66 bits per heavy atom. The van der Waals surface area contributed by atoms with Gasteiger partial charge in [-0.2, -0.15) is 0 Å². The van der Waals surface area contributed by atoms with Crippen LogP contribution in [0.25, 0.3) is 44.5 Å². The average Bonchev–Trinajstić information content (AvgIpc) is 3.23. The number of halogens is 1. The molecule has 3 aromatic carbocycles. The van der Waals surface area contributed by atoms with Gasteiger partial charge >= 0.3 is 0 Å². The van der Waals surface area contributed by atoms with E-state index < -0.39 is 11.8 Å². The van der Waals surface area contributed by atoms with E-state index in [0.29, 0.717) is 33.7 Å². The Bertz CT molecular complexity index is 1400. The van der Waals surface area contributed by atoms with E-state index in [0.717, 1.165) is 10.8 Å². The van der Waals surface area contributed by atoms with Crippen LogP contribution in [-0.4, -0.2) is 11.0 Å². The van der Waals surface area contributed by atoms with E-state index in [2.05, 4.69) is 4.98 Å². The first-order chi connectivity index (χ1) is 14.1. The molecule has 0 aliphatic carbocycles. The lowest BCUT2D eigenvalue weighted by Crippen LogP contribution is -2.22. The van der Waals surface area contributed by atoms with Crippen LogP contribution in [0.15, 0.2) is 83.3 Å². The summed E-state index contributed by atoms with van der Waals surface area (Å²) in [5.74, 6) is -1.01. The van der Waals surface area contributed by atoms with Crippen LogP contribution in [0.1, 0.15) is 10.4 Å². The summed E-state index contributed by atoms with van der Waals surface area (Å²) in [7, 11) is 0. The second-order valence-corrected chi connectivity index (χ2v) is 6.67. The summed E-state index contributed by atoms with van der Waals surface area (Å²) in [5.41, 5.74) is 1.22. The predicted octanol–water partition coefficient (Wildman–Crippen LogP) is 4.82. The van der Waals surface area contributed by atoms with Crippen LogP contribution in [-0.2, 0) is 0 Å². The molecule has 0 N–H and O–H groups in total. The maximum Gasteiger partial charge on any atom is 0.153 e. The third kappa shape index (κ3) is 2.84. The summed E-state index contributed by atoms with van der Waals surface area (Å²) in [6.07, 6.45) is 0. The van der Waals surface area contributed by atoms with Crippen LogP contribution in [0.4, 0.5) is 4.39 Å². The van der Waals surface area contributed by atoms with Gasteiger partial charge in [-0.25, -0.2) is 9.37 Å². The first kappa shape index (κ1) is 17.1. The van der Waals surface area contributed by atoms with Gasteiger partial charge in [-0.05, 0) is 47.2 Å². The number of nitrogens with zero attached hydrogens (tertiary/aromatic N) is 1. The number of benzene rings is 3. The first-order valence-corrected chi connectivity index (χ1v) is 9.01. The Balaban J connectivity index is 1.72. The van der Waals surface area contributed by atoms with E-state index in [-0.39, 0.29) is 5.56 Å². The van der Waals surface area contributed by atoms with Crippen molar-refractivity contribution in [3.8, 4) is 22.8 Å². The third-order valence-electron chi connectivity index (χ3n) is 4.92. The molecule has 5 rings (SSSR count). The van der Waals surface area contributed by atoms with Gasteiger partial charge in [-0.3, -0.25) is 0 Å². The molecular weight excluding hydrogens is 369 g/mol. The summed E-state index contributed by atoms with van der Waals surface area (Å²) in [4.78, 5) is 16.5. The lowest BCUT2D eigenvalue weighted by Gasteiger charge is -2.12. The van der Waals surface area contributed by atoms with Gasteiger partial charge in [0.2, 0.25) is 0 Å². The van der Waals surface area contributed by atoms with Gasteiger partial charge in [0, 0.05) is 10.9 Å². The predicted molar refractivity (Wildman–Crippen MR) is 107 cm³/mol. The highest BCUT2D eigenvalue weighted by atomic mass is 19.1. The molecular formula is C24H13FNO3-. The van der Waals surface area contributed by atoms with Crippen LogP contribution >= 0.6 is 0 Å². The topological polar surface area (TPSA) is 66.2 Å². The fraction of sp³-hybridized carbons (Fsp3) is 0. The van der Waals surface area contributed by atoms with E-state index in [9.17, 15) is 14.3 Å². The second kappa shape index (κ2) is 6.56. The second-order valence-electron chi connectivity index (χ2n) is 6.67. The van der Waals surface area contributed by atoms with Crippen LogP contribution in [0.2, 0.25) is 0 Å². The molecule has 29 heavy (non-hydrogen) atoms. The summed E-state index contributed by atoms with van der Waals surface area (Å²) < 4.78 is 19.8. The van der Waals surface area contributed by atoms with Crippen molar-refractivity contribution < 1.29 is 18.7 Å². The van der Waals surface area contributed by atoms with E-state index in [1.165, 1.54) is 12.1 Å². The number of aromatic carboxylic acids is 1. The number of carbonyl (C=O) groups is 1. The van der Waals surface area contributed by atoms with Gasteiger partial charge in [0.05, 0.1) is 17.0 Å². The Labute approximate surface area is 164 Å². The third-order valence-corrected chi connectivity index (χ3v) is 4.92. The molecule has 140 valence electrons. The molecule has 5 aromatic rings. The molecule has 0 unspecified atom stereocenters. The Morgan fingerprint density at radius 3 is 2.48 bits per heavy atom. The minimum atomic E-state index is -1.30. The Morgan fingerprint density at radius 1 is 0.897 bits per heavy atom. The zero-order valence-electron chi connectivity index (χ0n) is 15.1. The van der Waals surface area contributed by atoms with E-state index in [1.54, 1.807) is 36.4 Å². The smallest absolute Gasteiger partial charge is 0.153 e. The lowest BCUT2D eigenvalue weighted by molar-refractivity contribution is -0.254. The molecule has 0 aliphatic heterocycles. The van der Waals surface area contributed by atoms with E-state index in [4.69, 9.17) is 4.42 Å². The number of aromatic nitrogens is 1. The van der Waals surface area contributed by atoms with Crippen molar-refractivity contribution in [1.82, 2.24) is 4.98 Å². The van der Waals surface area contributed by atoms with Crippen molar-refractivity contribution in [3.05, 3.63) is 90.2 Å². The number of fused-ring (bicyclic) bond motifs is 3. The fourth-order valence-corrected chi connectivity index (χ4v) is 3.58. The van der Waals surface area contributed by atoms with Crippen LogP contribution < -0.4 is 5.11 Å². The summed E-state index contributed by atoms with van der Waals surface area (Å²) >= 11 is 0. The molecule has 0 aliphatic rings. The Kier molecular flexibility index (Phi) is 3.88. The molecule has 2 heterocycles. The van der Waals surface area contributed by atoms with Gasteiger partial charge in [0.1, 0.15) is 17.3 Å². The van der Waals surface area contributed by atoms with Crippen molar-refractivity contribution in [2.24, 2.45) is 0 Å². The first-order valence-electron chi connectivity index (χ1n) is 9.01. The zero-order chi connectivity index (χ0) is 20.0. The Hall–Kier alpha value is -3.99. The van der Waals surface area contributed by atoms with E-state index >= 15 is 0 Å². The molecule has 5 heteroatoms. The highest BCUT2D eigenvalue weighted by Gasteiger charge is 2.15. The number of rotatable bonds is 3. The number of carboxylic acid groups (broad SMARTS) is 1. The number of hydrogen-bond donors (Lipinski definition) is 0. The molecule has 0 fully saturated rings. The average molecular weight is 382 g/mol. The standard InChI is InChI=1S/C24H14FNO3/c25-18-8-4-3-7-16(18)21-11-12-22(29-21)20-13-17(24(27)28)23-15-6-2-1-5-14(15)9-10-19(23)26-20/h1-13H,(H,27,28)/p-1. The van der Waals surface area contributed by atoms with Crippen LogP contribution in [0.3, 0.4) is 0 Å². The number of carboxylic acids is 1.